The van der Waals surface area contributed by atoms with Crippen molar-refractivity contribution in [1.29, 1.82) is 5.26 Å². The van der Waals surface area contributed by atoms with E-state index >= 15 is 0 Å². The minimum atomic E-state index is 0.246. The third-order valence-corrected chi connectivity index (χ3v) is 2.80. The molecule has 0 N–H and O–H groups in total. The predicted octanol–water partition coefficient (Wildman–Crippen LogP) is 2.23. The molecule has 2 rings (SSSR count). The van der Waals surface area contributed by atoms with Crippen molar-refractivity contribution in [1.82, 2.24) is 10.3 Å². The fourth-order valence-corrected chi connectivity index (χ4v) is 1.87. The van der Waals surface area contributed by atoms with Crippen molar-refractivity contribution < 1.29 is 4.63 Å². The van der Waals surface area contributed by atoms with Crippen LogP contribution in [-0.4, -0.2) is 10.3 Å². The molecule has 0 atom stereocenters. The van der Waals surface area contributed by atoms with Gasteiger partial charge in [-0.25, -0.2) is 4.63 Å². The van der Waals surface area contributed by atoms with Crippen LogP contribution in [0.5, 0.6) is 0 Å². The van der Waals surface area contributed by atoms with Crippen LogP contribution in [0.1, 0.15) is 11.3 Å². The molecule has 0 amide bonds. The lowest BCUT2D eigenvalue weighted by atomic mass is 10.2. The fraction of sp³-hybridized carbons (Fsp3) is 0.100. The van der Waals surface area contributed by atoms with Crippen molar-refractivity contribution in [2.45, 2.75) is 10.8 Å². The second-order valence-electron chi connectivity index (χ2n) is 2.80. The van der Waals surface area contributed by atoms with Gasteiger partial charge in [0.15, 0.2) is 5.03 Å². The van der Waals surface area contributed by atoms with E-state index in [9.17, 15) is 0 Å². The van der Waals surface area contributed by atoms with Gasteiger partial charge >= 0.3 is 0 Å². The van der Waals surface area contributed by atoms with Crippen LogP contribution in [-0.2, 0) is 5.75 Å². The smallest absolute Gasteiger partial charge is 0.218 e. The molecule has 0 radical (unpaired) electrons. The molecule has 1 aromatic carbocycles. The number of aromatic nitrogens is 2. The summed E-state index contributed by atoms with van der Waals surface area (Å²) in [6.07, 6.45) is 0. The van der Waals surface area contributed by atoms with Gasteiger partial charge in [-0.3, -0.25) is 0 Å². The van der Waals surface area contributed by atoms with Gasteiger partial charge in [0.05, 0.1) is 0 Å². The fourth-order valence-electron chi connectivity index (χ4n) is 1.07. The van der Waals surface area contributed by atoms with Gasteiger partial charge in [0.25, 0.3) is 0 Å². The van der Waals surface area contributed by atoms with Gasteiger partial charge in [0, 0.05) is 5.75 Å². The molecule has 0 aliphatic heterocycles. The van der Waals surface area contributed by atoms with Crippen molar-refractivity contribution in [3.05, 3.63) is 41.6 Å². The largest absolute Gasteiger partial charge is 0.242 e. The van der Waals surface area contributed by atoms with Crippen LogP contribution in [0.2, 0.25) is 0 Å². The maximum Gasteiger partial charge on any atom is 0.218 e. The molecule has 5 heteroatoms. The Labute approximate surface area is 90.9 Å². The Morgan fingerprint density at radius 3 is 2.80 bits per heavy atom. The van der Waals surface area contributed by atoms with E-state index in [-0.39, 0.29) is 5.69 Å². The van der Waals surface area contributed by atoms with E-state index in [1.165, 1.54) is 17.3 Å². The molecule has 1 heterocycles. The Bertz CT molecular complexity index is 475. The molecule has 0 unspecified atom stereocenters. The van der Waals surface area contributed by atoms with E-state index in [2.05, 4.69) is 14.9 Å². The first-order valence-electron chi connectivity index (χ1n) is 4.29. The van der Waals surface area contributed by atoms with Gasteiger partial charge in [-0.15, -0.1) is 0 Å². The molecule has 0 spiro atoms. The molecule has 4 nitrogen and oxygen atoms in total. The summed E-state index contributed by atoms with van der Waals surface area (Å²) in [5.41, 5.74) is 1.42. The summed E-state index contributed by atoms with van der Waals surface area (Å²) in [7, 11) is 0. The normalized spacial score (nSPS) is 9.80. The topological polar surface area (TPSA) is 62.7 Å². The Morgan fingerprint density at radius 2 is 2.07 bits per heavy atom. The summed E-state index contributed by atoms with van der Waals surface area (Å²) in [6, 6.07) is 11.9. The van der Waals surface area contributed by atoms with Crippen LogP contribution in [0.3, 0.4) is 0 Å². The number of hydrogen-bond acceptors (Lipinski definition) is 5. The summed E-state index contributed by atoms with van der Waals surface area (Å²) < 4.78 is 4.48. The molecule has 0 aliphatic rings. The zero-order chi connectivity index (χ0) is 10.5. The molecule has 74 valence electrons. The van der Waals surface area contributed by atoms with Crippen molar-refractivity contribution in [3.8, 4) is 6.07 Å². The number of benzene rings is 1. The van der Waals surface area contributed by atoms with E-state index in [0.29, 0.717) is 5.03 Å². The average molecular weight is 217 g/mol. The maximum absolute atomic E-state index is 8.68. The van der Waals surface area contributed by atoms with Crippen LogP contribution in [0.15, 0.2) is 40.0 Å². The summed E-state index contributed by atoms with van der Waals surface area (Å²) >= 11 is 1.44. The molecule has 15 heavy (non-hydrogen) atoms. The molecule has 1 aromatic heterocycles. The van der Waals surface area contributed by atoms with Crippen molar-refractivity contribution in [2.75, 3.05) is 0 Å². The lowest BCUT2D eigenvalue weighted by Crippen LogP contribution is -1.82. The number of rotatable bonds is 3. The molecular weight excluding hydrogens is 210 g/mol. The quantitative estimate of drug-likeness (QED) is 0.738. The molecule has 0 saturated heterocycles. The summed E-state index contributed by atoms with van der Waals surface area (Å²) in [6.45, 7) is 0. The third kappa shape index (κ3) is 2.36. The van der Waals surface area contributed by atoms with Gasteiger partial charge in [-0.1, -0.05) is 42.1 Å². The Hall–Kier alpha value is -1.80. The monoisotopic (exact) mass is 217 g/mol. The van der Waals surface area contributed by atoms with Gasteiger partial charge in [0.1, 0.15) is 6.07 Å². The molecule has 2 aromatic rings. The van der Waals surface area contributed by atoms with Gasteiger partial charge in [0.2, 0.25) is 5.69 Å². The maximum atomic E-state index is 8.68. The summed E-state index contributed by atoms with van der Waals surface area (Å²) in [4.78, 5) is 0. The molecule has 0 aliphatic carbocycles. The average Bonchev–Trinajstić information content (AvgIpc) is 2.75. The molecule has 0 saturated carbocycles. The van der Waals surface area contributed by atoms with E-state index in [1.807, 2.05) is 36.4 Å². The highest BCUT2D eigenvalue weighted by Gasteiger charge is 2.09. The Balaban J connectivity index is 2.03. The minimum absolute atomic E-state index is 0.246. The highest BCUT2D eigenvalue weighted by atomic mass is 32.2. The first-order valence-corrected chi connectivity index (χ1v) is 5.28. The van der Waals surface area contributed by atoms with Crippen LogP contribution in [0, 0.1) is 11.3 Å². The molecular formula is C10H7N3OS. The second kappa shape index (κ2) is 4.62. The Kier molecular flexibility index (Phi) is 3.00. The lowest BCUT2D eigenvalue weighted by Gasteiger charge is -1.96. The van der Waals surface area contributed by atoms with Gasteiger partial charge < -0.3 is 0 Å². The third-order valence-electron chi connectivity index (χ3n) is 1.78. The van der Waals surface area contributed by atoms with Crippen molar-refractivity contribution >= 4 is 11.8 Å². The first-order chi connectivity index (χ1) is 7.40. The number of nitriles is 1. The Morgan fingerprint density at radius 1 is 1.27 bits per heavy atom. The summed E-state index contributed by atoms with van der Waals surface area (Å²) in [5.74, 6) is 0.754. The molecule has 0 bridgehead atoms. The molecule has 0 fully saturated rings. The van der Waals surface area contributed by atoms with E-state index in [0.717, 1.165) is 5.75 Å². The zero-order valence-electron chi connectivity index (χ0n) is 7.75. The van der Waals surface area contributed by atoms with Crippen LogP contribution >= 0.6 is 11.8 Å². The standard InChI is InChI=1S/C10H7N3OS/c11-6-9-10(13-14-12-9)15-7-8-4-2-1-3-5-8/h1-5H,7H2. The van der Waals surface area contributed by atoms with E-state index in [4.69, 9.17) is 5.26 Å². The SMILES string of the molecule is N#Cc1nonc1SCc1ccccc1. The van der Waals surface area contributed by atoms with Crippen LogP contribution < -0.4 is 0 Å². The second-order valence-corrected chi connectivity index (χ2v) is 3.77. The predicted molar refractivity (Wildman–Crippen MR) is 55.0 cm³/mol. The number of nitrogens with zero attached hydrogens (tertiary/aromatic N) is 3. The van der Waals surface area contributed by atoms with Gasteiger partial charge in [-0.05, 0) is 15.9 Å². The minimum Gasteiger partial charge on any atom is -0.242 e. The van der Waals surface area contributed by atoms with Gasteiger partial charge in [-0.2, -0.15) is 5.26 Å². The van der Waals surface area contributed by atoms with Crippen LogP contribution in [0.4, 0.5) is 0 Å². The summed E-state index contributed by atoms with van der Waals surface area (Å²) in [5, 5.41) is 16.4. The van der Waals surface area contributed by atoms with Crippen LogP contribution in [0.25, 0.3) is 0 Å². The zero-order valence-corrected chi connectivity index (χ0v) is 8.57. The first kappa shape index (κ1) is 9.74. The van der Waals surface area contributed by atoms with E-state index < -0.39 is 0 Å². The van der Waals surface area contributed by atoms with Crippen molar-refractivity contribution in [3.63, 3.8) is 0 Å². The highest BCUT2D eigenvalue weighted by Crippen LogP contribution is 2.22. The lowest BCUT2D eigenvalue weighted by molar-refractivity contribution is 0.298. The highest BCUT2D eigenvalue weighted by molar-refractivity contribution is 7.98. The van der Waals surface area contributed by atoms with E-state index in [1.54, 1.807) is 0 Å². The van der Waals surface area contributed by atoms with Crippen molar-refractivity contribution in [2.24, 2.45) is 0 Å². The number of hydrogen-bond donors (Lipinski definition) is 0. The number of thioether (sulfide) groups is 1.